The van der Waals surface area contributed by atoms with Crippen LogP contribution in [0.25, 0.3) is 6.08 Å². The minimum atomic E-state index is -0.165. The number of hydrogen-bond donors (Lipinski definition) is 2. The van der Waals surface area contributed by atoms with Gasteiger partial charge in [0.15, 0.2) is 5.76 Å². The topological polar surface area (TPSA) is 91.7 Å². The zero-order chi connectivity index (χ0) is 19.9. The summed E-state index contributed by atoms with van der Waals surface area (Å²) in [6.07, 6.45) is 6.12. The van der Waals surface area contributed by atoms with Crippen molar-refractivity contribution < 1.29 is 18.8 Å². The summed E-state index contributed by atoms with van der Waals surface area (Å²) in [5.74, 6) is -0.0614. The van der Waals surface area contributed by atoms with E-state index in [0.29, 0.717) is 37.4 Å². The van der Waals surface area contributed by atoms with Gasteiger partial charge in [-0.2, -0.15) is 0 Å². The SMILES string of the molecule is CC(=O)Nc1ccc(/C=C/C(=O)NC2CCN(C(=O)c3ccco3)CC2)cc1. The van der Waals surface area contributed by atoms with Crippen molar-refractivity contribution in [1.82, 2.24) is 10.2 Å². The smallest absolute Gasteiger partial charge is 0.289 e. The van der Waals surface area contributed by atoms with Gasteiger partial charge in [-0.05, 0) is 48.7 Å². The molecule has 146 valence electrons. The normalized spacial score (nSPS) is 14.8. The van der Waals surface area contributed by atoms with Crippen LogP contribution in [-0.2, 0) is 9.59 Å². The Morgan fingerprint density at radius 3 is 2.43 bits per heavy atom. The highest BCUT2D eigenvalue weighted by Crippen LogP contribution is 2.15. The number of anilines is 1. The number of hydrogen-bond acceptors (Lipinski definition) is 4. The molecule has 28 heavy (non-hydrogen) atoms. The van der Waals surface area contributed by atoms with Crippen LogP contribution in [0.15, 0.2) is 53.2 Å². The van der Waals surface area contributed by atoms with Gasteiger partial charge in [-0.1, -0.05) is 12.1 Å². The first-order valence-electron chi connectivity index (χ1n) is 9.20. The molecule has 0 unspecified atom stereocenters. The molecule has 2 N–H and O–H groups in total. The number of carbonyl (C=O) groups is 3. The van der Waals surface area contributed by atoms with Crippen LogP contribution in [0.2, 0.25) is 0 Å². The maximum absolute atomic E-state index is 12.2. The zero-order valence-corrected chi connectivity index (χ0v) is 15.7. The Labute approximate surface area is 163 Å². The van der Waals surface area contributed by atoms with Crippen LogP contribution < -0.4 is 10.6 Å². The quantitative estimate of drug-likeness (QED) is 0.779. The summed E-state index contributed by atoms with van der Waals surface area (Å²) in [5.41, 5.74) is 1.58. The van der Waals surface area contributed by atoms with E-state index in [1.165, 1.54) is 19.3 Å². The van der Waals surface area contributed by atoms with Gasteiger partial charge in [0.1, 0.15) is 0 Å². The Morgan fingerprint density at radius 2 is 1.82 bits per heavy atom. The maximum atomic E-state index is 12.2. The molecule has 0 bridgehead atoms. The van der Waals surface area contributed by atoms with Crippen molar-refractivity contribution in [3.63, 3.8) is 0 Å². The first kappa shape index (κ1) is 19.4. The summed E-state index contributed by atoms with van der Waals surface area (Å²) in [4.78, 5) is 37.2. The van der Waals surface area contributed by atoms with Crippen LogP contribution in [0.1, 0.15) is 35.9 Å². The highest BCUT2D eigenvalue weighted by Gasteiger charge is 2.25. The fourth-order valence-electron chi connectivity index (χ4n) is 3.09. The minimum absolute atomic E-state index is 0.0416. The largest absolute Gasteiger partial charge is 0.459 e. The molecule has 1 aliphatic heterocycles. The third-order valence-electron chi connectivity index (χ3n) is 4.52. The number of nitrogens with one attached hydrogen (secondary N) is 2. The molecule has 1 aromatic carbocycles. The summed E-state index contributed by atoms with van der Waals surface area (Å²) >= 11 is 0. The van der Waals surface area contributed by atoms with Crippen LogP contribution in [0.5, 0.6) is 0 Å². The molecule has 0 radical (unpaired) electrons. The summed E-state index contributed by atoms with van der Waals surface area (Å²) in [6, 6.07) is 10.6. The number of amides is 3. The average molecular weight is 381 g/mol. The van der Waals surface area contributed by atoms with E-state index in [0.717, 1.165) is 5.56 Å². The molecule has 3 amide bonds. The maximum Gasteiger partial charge on any atom is 0.289 e. The number of piperidine rings is 1. The van der Waals surface area contributed by atoms with Gasteiger partial charge in [0.25, 0.3) is 5.91 Å². The van der Waals surface area contributed by atoms with Gasteiger partial charge in [-0.25, -0.2) is 0 Å². The van der Waals surface area contributed by atoms with Crippen LogP contribution in [0.3, 0.4) is 0 Å². The lowest BCUT2D eigenvalue weighted by atomic mass is 10.0. The van der Waals surface area contributed by atoms with Crippen LogP contribution in [0, 0.1) is 0 Å². The van der Waals surface area contributed by atoms with Gasteiger partial charge < -0.3 is 20.0 Å². The summed E-state index contributed by atoms with van der Waals surface area (Å²) < 4.78 is 5.15. The van der Waals surface area contributed by atoms with Crippen molar-refractivity contribution in [2.45, 2.75) is 25.8 Å². The van der Waals surface area contributed by atoms with Gasteiger partial charge in [0.2, 0.25) is 11.8 Å². The fourth-order valence-corrected chi connectivity index (χ4v) is 3.09. The second-order valence-electron chi connectivity index (χ2n) is 6.69. The molecule has 2 aromatic rings. The number of carbonyl (C=O) groups excluding carboxylic acids is 3. The molecular formula is C21H23N3O4. The Hall–Kier alpha value is -3.35. The minimum Gasteiger partial charge on any atom is -0.459 e. The second-order valence-corrected chi connectivity index (χ2v) is 6.69. The van der Waals surface area contributed by atoms with Gasteiger partial charge in [-0.15, -0.1) is 0 Å². The van der Waals surface area contributed by atoms with E-state index >= 15 is 0 Å². The van der Waals surface area contributed by atoms with E-state index in [1.807, 2.05) is 12.1 Å². The predicted octanol–water partition coefficient (Wildman–Crippen LogP) is 2.67. The Kier molecular flexibility index (Phi) is 6.26. The first-order valence-corrected chi connectivity index (χ1v) is 9.20. The Bertz CT molecular complexity index is 848. The van der Waals surface area contributed by atoms with Crippen molar-refractivity contribution in [2.24, 2.45) is 0 Å². The van der Waals surface area contributed by atoms with Crippen molar-refractivity contribution in [2.75, 3.05) is 18.4 Å². The van der Waals surface area contributed by atoms with Gasteiger partial charge in [0, 0.05) is 37.8 Å². The number of nitrogens with zero attached hydrogens (tertiary/aromatic N) is 1. The van der Waals surface area contributed by atoms with Crippen molar-refractivity contribution in [3.05, 3.63) is 60.1 Å². The first-order chi connectivity index (χ1) is 13.5. The second kappa shape index (κ2) is 9.03. The molecular weight excluding hydrogens is 358 g/mol. The van der Waals surface area contributed by atoms with Crippen molar-refractivity contribution in [3.8, 4) is 0 Å². The van der Waals surface area contributed by atoms with E-state index in [9.17, 15) is 14.4 Å². The molecule has 0 spiro atoms. The Morgan fingerprint density at radius 1 is 1.11 bits per heavy atom. The van der Waals surface area contributed by atoms with Crippen LogP contribution >= 0.6 is 0 Å². The molecule has 1 saturated heterocycles. The lowest BCUT2D eigenvalue weighted by molar-refractivity contribution is -0.117. The Balaban J connectivity index is 1.44. The average Bonchev–Trinajstić information content (AvgIpc) is 3.22. The molecule has 0 atom stereocenters. The zero-order valence-electron chi connectivity index (χ0n) is 15.7. The van der Waals surface area contributed by atoms with Gasteiger partial charge >= 0.3 is 0 Å². The summed E-state index contributed by atoms with van der Waals surface area (Å²) in [7, 11) is 0. The number of likely N-dealkylation sites (tertiary alicyclic amines) is 1. The molecule has 1 aliphatic rings. The lowest BCUT2D eigenvalue weighted by Gasteiger charge is -2.31. The van der Waals surface area contributed by atoms with Gasteiger partial charge in [-0.3, -0.25) is 14.4 Å². The molecule has 2 heterocycles. The predicted molar refractivity (Wildman–Crippen MR) is 106 cm³/mol. The van der Waals surface area contributed by atoms with Crippen LogP contribution in [-0.4, -0.2) is 41.8 Å². The molecule has 3 rings (SSSR count). The van der Waals surface area contributed by atoms with E-state index in [1.54, 1.807) is 35.2 Å². The summed E-state index contributed by atoms with van der Waals surface area (Å²) in [6.45, 7) is 2.62. The highest BCUT2D eigenvalue weighted by atomic mass is 16.3. The highest BCUT2D eigenvalue weighted by molar-refractivity contribution is 5.93. The van der Waals surface area contributed by atoms with E-state index in [4.69, 9.17) is 4.42 Å². The standard InChI is InChI=1S/C21H23N3O4/c1-15(25)22-17-7-4-16(5-8-17)6-9-20(26)23-18-10-12-24(13-11-18)21(27)19-3-2-14-28-19/h2-9,14,18H,10-13H2,1H3,(H,22,25)(H,23,26)/b9-6+. The lowest BCUT2D eigenvalue weighted by Crippen LogP contribution is -2.46. The third-order valence-corrected chi connectivity index (χ3v) is 4.52. The van der Waals surface area contributed by atoms with E-state index < -0.39 is 0 Å². The van der Waals surface area contributed by atoms with Crippen LogP contribution in [0.4, 0.5) is 5.69 Å². The van der Waals surface area contributed by atoms with Gasteiger partial charge in [0.05, 0.1) is 6.26 Å². The van der Waals surface area contributed by atoms with E-state index in [2.05, 4.69) is 10.6 Å². The monoisotopic (exact) mass is 381 g/mol. The number of rotatable bonds is 5. The van der Waals surface area contributed by atoms with Crippen molar-refractivity contribution in [1.29, 1.82) is 0 Å². The molecule has 0 aliphatic carbocycles. The molecule has 1 fully saturated rings. The molecule has 7 heteroatoms. The molecule has 1 aromatic heterocycles. The molecule has 0 saturated carbocycles. The fraction of sp³-hybridized carbons (Fsp3) is 0.286. The molecule has 7 nitrogen and oxygen atoms in total. The van der Waals surface area contributed by atoms with E-state index in [-0.39, 0.29) is 23.8 Å². The number of benzene rings is 1. The number of furan rings is 1. The van der Waals surface area contributed by atoms with Crippen molar-refractivity contribution >= 4 is 29.5 Å². The third kappa shape index (κ3) is 5.33. The summed E-state index contributed by atoms with van der Waals surface area (Å²) in [5, 5.41) is 5.67.